The van der Waals surface area contributed by atoms with E-state index in [9.17, 15) is 19.2 Å². The van der Waals surface area contributed by atoms with Gasteiger partial charge in [-0.05, 0) is 30.2 Å². The second kappa shape index (κ2) is 10.9. The molecular weight excluding hydrogens is 424 g/mol. The first-order chi connectivity index (χ1) is 14.2. The molecule has 30 heavy (non-hydrogen) atoms. The molecule has 2 N–H and O–H groups in total. The van der Waals surface area contributed by atoms with Gasteiger partial charge in [-0.2, -0.15) is 0 Å². The number of hydrogen-bond acceptors (Lipinski definition) is 7. The fourth-order valence-electron chi connectivity index (χ4n) is 3.63. The number of ether oxygens (including phenoxy) is 1. The highest BCUT2D eigenvalue weighted by molar-refractivity contribution is 8.14. The number of carbonyl (C=O) groups excluding carboxylic acids is 4. The zero-order valence-corrected chi connectivity index (χ0v) is 19.5. The summed E-state index contributed by atoms with van der Waals surface area (Å²) < 4.78 is 4.87. The fourth-order valence-corrected chi connectivity index (χ4v) is 5.18. The van der Waals surface area contributed by atoms with Crippen LogP contribution in [0.25, 0.3) is 0 Å². The summed E-state index contributed by atoms with van der Waals surface area (Å²) in [5, 5.41) is 6.92. The molecule has 7 nitrogen and oxygen atoms in total. The van der Waals surface area contributed by atoms with Crippen molar-refractivity contribution in [2.75, 3.05) is 7.11 Å². The van der Waals surface area contributed by atoms with Gasteiger partial charge >= 0.3 is 5.97 Å². The molecule has 1 aromatic rings. The molecule has 2 atom stereocenters. The number of thioether (sulfide) groups is 1. The topological polar surface area (TPSA) is 102 Å². The van der Waals surface area contributed by atoms with Crippen molar-refractivity contribution in [3.05, 3.63) is 22.4 Å². The zero-order valence-electron chi connectivity index (χ0n) is 17.9. The van der Waals surface area contributed by atoms with Crippen molar-refractivity contribution in [3.8, 4) is 0 Å². The van der Waals surface area contributed by atoms with Gasteiger partial charge < -0.3 is 15.4 Å². The van der Waals surface area contributed by atoms with E-state index in [0.717, 1.165) is 29.5 Å². The Morgan fingerprint density at radius 2 is 1.90 bits per heavy atom. The van der Waals surface area contributed by atoms with Crippen LogP contribution >= 0.6 is 23.1 Å². The lowest BCUT2D eigenvalue weighted by atomic mass is 9.94. The molecule has 2 rings (SSSR count). The van der Waals surface area contributed by atoms with E-state index in [-0.39, 0.29) is 22.8 Å². The van der Waals surface area contributed by atoms with Crippen molar-refractivity contribution in [1.29, 1.82) is 0 Å². The Hall–Kier alpha value is -1.87. The molecule has 1 fully saturated rings. The second-order valence-corrected chi connectivity index (χ2v) is 10.2. The van der Waals surface area contributed by atoms with Crippen LogP contribution in [0.1, 0.15) is 51.3 Å². The van der Waals surface area contributed by atoms with Crippen molar-refractivity contribution in [1.82, 2.24) is 10.6 Å². The number of methoxy groups -OCH3 is 1. The summed E-state index contributed by atoms with van der Waals surface area (Å²) in [5.41, 5.74) is -1.08. The van der Waals surface area contributed by atoms with Gasteiger partial charge in [0.1, 0.15) is 11.6 Å². The Labute approximate surface area is 185 Å². The van der Waals surface area contributed by atoms with Crippen molar-refractivity contribution in [3.63, 3.8) is 0 Å². The SMILES string of the molecule is COC(=O)[C@H](Cc1cccs1)NC(=O)C1(NC(=O)[C@@H](SC(C)=O)C(C)C)CCCC1. The Balaban J connectivity index is 2.17. The predicted molar refractivity (Wildman–Crippen MR) is 118 cm³/mol. The number of hydrogen-bond donors (Lipinski definition) is 2. The summed E-state index contributed by atoms with van der Waals surface area (Å²) in [6.07, 6.45) is 2.91. The molecule has 0 bridgehead atoms. The Morgan fingerprint density at radius 3 is 2.40 bits per heavy atom. The Kier molecular flexibility index (Phi) is 8.91. The van der Waals surface area contributed by atoms with Gasteiger partial charge in [0.15, 0.2) is 5.12 Å². The first kappa shape index (κ1) is 24.4. The second-order valence-electron chi connectivity index (χ2n) is 7.89. The molecule has 0 saturated heterocycles. The van der Waals surface area contributed by atoms with E-state index in [1.54, 1.807) is 0 Å². The summed E-state index contributed by atoms with van der Waals surface area (Å²) in [6, 6.07) is 2.95. The molecular formula is C21H30N2O5S2. The van der Waals surface area contributed by atoms with Gasteiger partial charge in [-0.1, -0.05) is 44.5 Å². The third-order valence-electron chi connectivity index (χ3n) is 5.19. The monoisotopic (exact) mass is 454 g/mol. The Bertz CT molecular complexity index is 757. The summed E-state index contributed by atoms with van der Waals surface area (Å²) in [4.78, 5) is 51.0. The van der Waals surface area contributed by atoms with Crippen molar-refractivity contribution in [2.24, 2.45) is 5.92 Å². The minimum absolute atomic E-state index is 0.0675. The summed E-state index contributed by atoms with van der Waals surface area (Å²) in [6.45, 7) is 5.17. The van der Waals surface area contributed by atoms with Crippen LogP contribution in [0.4, 0.5) is 0 Å². The molecule has 1 aromatic heterocycles. The van der Waals surface area contributed by atoms with Crippen molar-refractivity contribution < 1.29 is 23.9 Å². The highest BCUT2D eigenvalue weighted by atomic mass is 32.2. The lowest BCUT2D eigenvalue weighted by Gasteiger charge is -2.32. The van der Waals surface area contributed by atoms with E-state index in [0.29, 0.717) is 19.3 Å². The smallest absolute Gasteiger partial charge is 0.328 e. The van der Waals surface area contributed by atoms with E-state index >= 15 is 0 Å². The van der Waals surface area contributed by atoms with Gasteiger partial charge in [0.25, 0.3) is 0 Å². The van der Waals surface area contributed by atoms with Crippen LogP contribution in [0.3, 0.4) is 0 Å². The van der Waals surface area contributed by atoms with Gasteiger partial charge in [-0.25, -0.2) is 4.79 Å². The molecule has 1 heterocycles. The quantitative estimate of drug-likeness (QED) is 0.556. The minimum Gasteiger partial charge on any atom is -0.467 e. The van der Waals surface area contributed by atoms with Crippen LogP contribution in [0.15, 0.2) is 17.5 Å². The van der Waals surface area contributed by atoms with Crippen LogP contribution in [-0.4, -0.2) is 46.8 Å². The van der Waals surface area contributed by atoms with Crippen LogP contribution < -0.4 is 10.6 Å². The summed E-state index contributed by atoms with van der Waals surface area (Å²) in [7, 11) is 1.29. The number of thiophene rings is 1. The van der Waals surface area contributed by atoms with Crippen LogP contribution in [0, 0.1) is 5.92 Å². The van der Waals surface area contributed by atoms with E-state index in [4.69, 9.17) is 4.74 Å². The molecule has 0 spiro atoms. The average molecular weight is 455 g/mol. The fraction of sp³-hybridized carbons (Fsp3) is 0.619. The first-order valence-electron chi connectivity index (χ1n) is 10.1. The molecule has 0 aliphatic heterocycles. The standard InChI is InChI=1S/C21H30N2O5S2/c1-13(2)17(30-14(3)24)18(25)23-21(9-5-6-10-21)20(27)22-16(19(26)28-4)12-15-8-7-11-29-15/h7-8,11,13,16-17H,5-6,9-10,12H2,1-4H3,(H,22,27)(H,23,25)/t16-,17-/m0/s1. The number of rotatable bonds is 9. The maximum Gasteiger partial charge on any atom is 0.328 e. The number of amides is 2. The van der Waals surface area contributed by atoms with Gasteiger partial charge in [0.2, 0.25) is 11.8 Å². The molecule has 166 valence electrons. The van der Waals surface area contributed by atoms with Crippen LogP contribution in [-0.2, 0) is 30.3 Å². The zero-order chi connectivity index (χ0) is 22.3. The third-order valence-corrected chi connectivity index (χ3v) is 7.43. The first-order valence-corrected chi connectivity index (χ1v) is 11.8. The molecule has 1 saturated carbocycles. The van der Waals surface area contributed by atoms with Gasteiger partial charge in [0.05, 0.1) is 12.4 Å². The molecule has 0 unspecified atom stereocenters. The molecule has 0 aromatic carbocycles. The molecule has 9 heteroatoms. The van der Waals surface area contributed by atoms with Crippen molar-refractivity contribution in [2.45, 2.75) is 69.7 Å². The van der Waals surface area contributed by atoms with Crippen LogP contribution in [0.5, 0.6) is 0 Å². The largest absolute Gasteiger partial charge is 0.467 e. The summed E-state index contributed by atoms with van der Waals surface area (Å²) in [5.74, 6) is -1.30. The molecule has 1 aliphatic carbocycles. The van der Waals surface area contributed by atoms with E-state index in [2.05, 4.69) is 10.6 Å². The molecule has 2 amide bonds. The van der Waals surface area contributed by atoms with E-state index < -0.39 is 22.8 Å². The highest BCUT2D eigenvalue weighted by Gasteiger charge is 2.45. The third kappa shape index (κ3) is 6.31. The highest BCUT2D eigenvalue weighted by Crippen LogP contribution is 2.32. The lowest BCUT2D eigenvalue weighted by molar-refractivity contribution is -0.146. The Morgan fingerprint density at radius 1 is 1.23 bits per heavy atom. The van der Waals surface area contributed by atoms with Gasteiger partial charge in [-0.3, -0.25) is 14.4 Å². The van der Waals surface area contributed by atoms with E-state index in [1.165, 1.54) is 25.4 Å². The number of esters is 1. The van der Waals surface area contributed by atoms with Crippen molar-refractivity contribution >= 4 is 46.0 Å². The number of carbonyl (C=O) groups is 4. The minimum atomic E-state index is -1.08. The summed E-state index contributed by atoms with van der Waals surface area (Å²) >= 11 is 2.48. The van der Waals surface area contributed by atoms with Crippen LogP contribution in [0.2, 0.25) is 0 Å². The lowest BCUT2D eigenvalue weighted by Crippen LogP contribution is -2.61. The normalized spacial score (nSPS) is 17.2. The maximum absolute atomic E-state index is 13.3. The van der Waals surface area contributed by atoms with Gasteiger partial charge in [0, 0.05) is 18.2 Å². The molecule has 0 radical (unpaired) electrons. The number of nitrogens with one attached hydrogen (secondary N) is 2. The maximum atomic E-state index is 13.3. The molecule has 1 aliphatic rings. The van der Waals surface area contributed by atoms with Gasteiger partial charge in [-0.15, -0.1) is 11.3 Å². The van der Waals surface area contributed by atoms with E-state index in [1.807, 2.05) is 31.4 Å². The predicted octanol–water partition coefficient (Wildman–Crippen LogP) is 2.68. The average Bonchev–Trinajstić information content (AvgIpc) is 3.37.